The molecule has 0 saturated carbocycles. The van der Waals surface area contributed by atoms with Gasteiger partial charge in [-0.25, -0.2) is 0 Å². The van der Waals surface area contributed by atoms with Gasteiger partial charge in [0.2, 0.25) is 5.91 Å². The predicted molar refractivity (Wildman–Crippen MR) is 209 cm³/mol. The minimum Gasteiger partial charge on any atom is -0.385 e. The summed E-state index contributed by atoms with van der Waals surface area (Å²) in [4.78, 5) is 17.5. The maximum Gasteiger partial charge on any atom is 0.226 e. The molecule has 1 saturated heterocycles. The summed E-state index contributed by atoms with van der Waals surface area (Å²) in [5.74, 6) is 1.24. The molecule has 6 rings (SSSR count). The molecule has 0 aromatic heterocycles. The van der Waals surface area contributed by atoms with Gasteiger partial charge in [0.15, 0.2) is 0 Å². The van der Waals surface area contributed by atoms with Crippen molar-refractivity contribution in [3.8, 4) is 0 Å². The highest BCUT2D eigenvalue weighted by atomic mass is 32.2. The number of piperidine rings is 1. The first-order chi connectivity index (χ1) is 24.2. The molecule has 1 aliphatic heterocycles. The molecule has 5 aromatic rings. The van der Waals surface area contributed by atoms with E-state index in [-0.39, 0.29) is 16.7 Å². The lowest BCUT2D eigenvalue weighted by Crippen LogP contribution is -2.47. The fourth-order valence-corrected chi connectivity index (χ4v) is 8.64. The Labute approximate surface area is 297 Å². The minimum absolute atomic E-state index is 0.218. The minimum atomic E-state index is -0.274. The van der Waals surface area contributed by atoms with Gasteiger partial charge in [-0.1, -0.05) is 128 Å². The van der Waals surface area contributed by atoms with Crippen LogP contribution in [0.2, 0.25) is 0 Å². The van der Waals surface area contributed by atoms with Crippen LogP contribution in [-0.4, -0.2) is 48.8 Å². The Morgan fingerprint density at radius 3 is 1.86 bits per heavy atom. The van der Waals surface area contributed by atoms with E-state index in [1.807, 2.05) is 36.9 Å². The van der Waals surface area contributed by atoms with E-state index in [1.54, 1.807) is 0 Å². The summed E-state index contributed by atoms with van der Waals surface area (Å²) < 4.78 is -0.274. The second-order valence-electron chi connectivity index (χ2n) is 12.9. The zero-order valence-electron chi connectivity index (χ0n) is 28.7. The van der Waals surface area contributed by atoms with E-state index < -0.39 is 0 Å². The average molecular weight is 668 g/mol. The second-order valence-corrected chi connectivity index (χ2v) is 14.2. The quantitative estimate of drug-likeness (QED) is 0.0891. The summed E-state index contributed by atoms with van der Waals surface area (Å²) in [7, 11) is 0. The lowest BCUT2D eigenvalue weighted by molar-refractivity contribution is -0.119. The number of nitrogens with one attached hydrogen (secondary N) is 1. The monoisotopic (exact) mass is 667 g/mol. The molecule has 1 heterocycles. The number of thioether (sulfide) groups is 1. The number of anilines is 2. The summed E-state index contributed by atoms with van der Waals surface area (Å²) in [6.45, 7) is 5.98. The molecule has 1 aliphatic rings. The van der Waals surface area contributed by atoms with Crippen molar-refractivity contribution in [3.05, 3.63) is 168 Å². The number of para-hydroxylation sites is 1. The Kier molecular flexibility index (Phi) is 12.2. The van der Waals surface area contributed by atoms with Crippen molar-refractivity contribution in [2.24, 2.45) is 0 Å². The third-order valence-electron chi connectivity index (χ3n) is 9.68. The normalized spacial score (nSPS) is 14.0. The molecule has 0 bridgehead atoms. The van der Waals surface area contributed by atoms with E-state index in [4.69, 9.17) is 0 Å². The van der Waals surface area contributed by atoms with Crippen molar-refractivity contribution in [1.82, 2.24) is 4.90 Å². The number of amides is 1. The van der Waals surface area contributed by atoms with Gasteiger partial charge < -0.3 is 15.1 Å². The molecule has 4 nitrogen and oxygen atoms in total. The first-order valence-electron chi connectivity index (χ1n) is 17.9. The number of likely N-dealkylation sites (tertiary alicyclic amines) is 1. The molecule has 5 heteroatoms. The number of hydrogen-bond donors (Lipinski definition) is 1. The topological polar surface area (TPSA) is 35.6 Å². The molecule has 0 atom stereocenters. The molecule has 1 amide bonds. The number of hydrogen-bond acceptors (Lipinski definition) is 4. The number of rotatable bonds is 15. The largest absolute Gasteiger partial charge is 0.385 e. The Morgan fingerprint density at radius 1 is 0.755 bits per heavy atom. The lowest BCUT2D eigenvalue weighted by atomic mass is 9.84. The van der Waals surface area contributed by atoms with Gasteiger partial charge in [0.05, 0.1) is 4.75 Å². The van der Waals surface area contributed by atoms with Crippen LogP contribution in [0.25, 0.3) is 0 Å². The van der Waals surface area contributed by atoms with Crippen LogP contribution in [0.3, 0.4) is 0 Å². The first-order valence-corrected chi connectivity index (χ1v) is 18.9. The molecule has 0 unspecified atom stereocenters. The highest BCUT2D eigenvalue weighted by molar-refractivity contribution is 8.00. The van der Waals surface area contributed by atoms with E-state index in [9.17, 15) is 4.79 Å². The van der Waals surface area contributed by atoms with E-state index >= 15 is 0 Å². The summed E-state index contributed by atoms with van der Waals surface area (Å²) in [5.41, 5.74) is 7.52. The summed E-state index contributed by atoms with van der Waals surface area (Å²) in [6, 6.07) is 52.3. The van der Waals surface area contributed by atoms with E-state index in [0.29, 0.717) is 6.42 Å². The molecule has 1 N–H and O–H groups in total. The van der Waals surface area contributed by atoms with Crippen molar-refractivity contribution in [1.29, 1.82) is 0 Å². The first kappa shape index (κ1) is 34.5. The highest BCUT2D eigenvalue weighted by Gasteiger charge is 2.36. The molecule has 0 spiro atoms. The summed E-state index contributed by atoms with van der Waals surface area (Å²) >= 11 is 2.03. The van der Waals surface area contributed by atoms with Crippen LogP contribution < -0.4 is 10.2 Å². The molecule has 0 aliphatic carbocycles. The molecular weight excluding hydrogens is 619 g/mol. The third kappa shape index (κ3) is 8.65. The van der Waals surface area contributed by atoms with Gasteiger partial charge in [0, 0.05) is 50.0 Å². The van der Waals surface area contributed by atoms with Crippen molar-refractivity contribution < 1.29 is 4.79 Å². The van der Waals surface area contributed by atoms with Crippen LogP contribution in [0.1, 0.15) is 54.9 Å². The van der Waals surface area contributed by atoms with Gasteiger partial charge in [0.25, 0.3) is 0 Å². The highest BCUT2D eigenvalue weighted by Crippen LogP contribution is 2.48. The van der Waals surface area contributed by atoms with Crippen molar-refractivity contribution in [2.75, 3.05) is 42.1 Å². The number of carbonyl (C=O) groups is 1. The number of benzene rings is 5. The van der Waals surface area contributed by atoms with Gasteiger partial charge in [-0.2, -0.15) is 0 Å². The SMILES string of the molecule is CCC(=O)N(c1ccccc1)C1CCN(CCc2cccc(NCCCSC(c3ccccc3)(c3ccccc3)c3ccccc3)c2)CC1. The molecule has 5 aromatic carbocycles. The van der Waals surface area contributed by atoms with Crippen molar-refractivity contribution in [2.45, 2.75) is 49.8 Å². The van der Waals surface area contributed by atoms with Crippen LogP contribution in [0, 0.1) is 0 Å². The van der Waals surface area contributed by atoms with Gasteiger partial charge in [-0.3, -0.25) is 4.79 Å². The molecule has 0 radical (unpaired) electrons. The average Bonchev–Trinajstić information content (AvgIpc) is 3.18. The Morgan fingerprint density at radius 2 is 1.31 bits per heavy atom. The maximum absolute atomic E-state index is 12.9. The molecule has 49 heavy (non-hydrogen) atoms. The molecular formula is C44H49N3OS. The van der Waals surface area contributed by atoms with E-state index in [0.717, 1.165) is 63.3 Å². The smallest absolute Gasteiger partial charge is 0.226 e. The fourth-order valence-electron chi connectivity index (χ4n) is 7.14. The van der Waals surface area contributed by atoms with Gasteiger partial charge in [-0.05, 0) is 78.0 Å². The molecule has 1 fully saturated rings. The van der Waals surface area contributed by atoms with Gasteiger partial charge >= 0.3 is 0 Å². The van der Waals surface area contributed by atoms with Crippen LogP contribution in [0.5, 0.6) is 0 Å². The fraction of sp³-hybridized carbons (Fsp3) is 0.295. The van der Waals surface area contributed by atoms with Gasteiger partial charge in [-0.15, -0.1) is 11.8 Å². The number of carbonyl (C=O) groups excluding carboxylic acids is 1. The lowest BCUT2D eigenvalue weighted by Gasteiger charge is -2.38. The van der Waals surface area contributed by atoms with Crippen molar-refractivity contribution >= 4 is 29.0 Å². The Hall–Kier alpha value is -4.32. The van der Waals surface area contributed by atoms with Gasteiger partial charge in [0.1, 0.15) is 0 Å². The van der Waals surface area contributed by atoms with Crippen LogP contribution in [0.4, 0.5) is 11.4 Å². The van der Waals surface area contributed by atoms with Crippen LogP contribution in [0.15, 0.2) is 146 Å². The van der Waals surface area contributed by atoms with E-state index in [1.165, 1.54) is 27.9 Å². The second kappa shape index (κ2) is 17.4. The van der Waals surface area contributed by atoms with Crippen LogP contribution in [-0.2, 0) is 16.0 Å². The summed E-state index contributed by atoms with van der Waals surface area (Å²) in [5, 5.41) is 3.71. The third-order valence-corrected chi connectivity index (χ3v) is 11.3. The Bertz CT molecular complexity index is 1610. The standard InChI is InChI=1S/C44H49N3OS/c1-2-43(48)47(41-25-13-6-14-26-41)42-28-32-46(33-29-42)31-27-36-17-15-24-40(35-36)45-30-16-34-49-44(37-18-7-3-8-19-37,38-20-9-4-10-21-38)39-22-11-5-12-23-39/h3-15,17-26,35,42,45H,2,16,27-34H2,1H3. The Balaban J connectivity index is 1.02. The zero-order valence-corrected chi connectivity index (χ0v) is 29.5. The van der Waals surface area contributed by atoms with Crippen LogP contribution >= 0.6 is 11.8 Å². The zero-order chi connectivity index (χ0) is 33.7. The van der Waals surface area contributed by atoms with Crippen molar-refractivity contribution in [3.63, 3.8) is 0 Å². The maximum atomic E-state index is 12.9. The number of nitrogens with zero attached hydrogens (tertiary/aromatic N) is 2. The van der Waals surface area contributed by atoms with E-state index in [2.05, 4.69) is 143 Å². The molecule has 252 valence electrons. The summed E-state index contributed by atoms with van der Waals surface area (Å²) in [6.07, 6.45) is 4.65. The predicted octanol–water partition coefficient (Wildman–Crippen LogP) is 9.66.